The number of rotatable bonds is 4. The summed E-state index contributed by atoms with van der Waals surface area (Å²) in [5.74, 6) is 6.69. The van der Waals surface area contributed by atoms with E-state index < -0.39 is 5.60 Å². The fourth-order valence-electron chi connectivity index (χ4n) is 2.14. The number of nitrogen functional groups attached to an aromatic ring is 1. The molecular weight excluding hydrogens is 232 g/mol. The Bertz CT molecular complexity index is 405. The zero-order valence-electron chi connectivity index (χ0n) is 10.9. The normalized spacial score (nSPS) is 23.9. The number of nitrogens with zero attached hydrogens (tertiary/aromatic N) is 2. The molecule has 3 N–H and O–H groups in total. The maximum absolute atomic E-state index is 5.85. The largest absolute Gasteiger partial charge is 0.378 e. The predicted octanol–water partition coefficient (Wildman–Crippen LogP) is 1.32. The molecule has 0 spiro atoms. The lowest BCUT2D eigenvalue weighted by atomic mass is 9.95. The van der Waals surface area contributed by atoms with Crippen molar-refractivity contribution in [3.8, 4) is 0 Å². The van der Waals surface area contributed by atoms with Gasteiger partial charge in [-0.15, -0.1) is 0 Å². The van der Waals surface area contributed by atoms with Gasteiger partial charge >= 0.3 is 0 Å². The van der Waals surface area contributed by atoms with Crippen LogP contribution in [0.2, 0.25) is 0 Å². The van der Waals surface area contributed by atoms with Gasteiger partial charge in [0.05, 0.1) is 12.3 Å². The average Bonchev–Trinajstić information content (AvgIpc) is 2.39. The van der Waals surface area contributed by atoms with Crippen LogP contribution in [0.5, 0.6) is 0 Å². The van der Waals surface area contributed by atoms with Gasteiger partial charge < -0.3 is 14.9 Å². The van der Waals surface area contributed by atoms with E-state index in [2.05, 4.69) is 15.4 Å². The molecule has 2 rings (SSSR count). The van der Waals surface area contributed by atoms with Crippen LogP contribution < -0.4 is 11.3 Å². The van der Waals surface area contributed by atoms with Gasteiger partial charge in [-0.25, -0.2) is 15.8 Å². The average molecular weight is 252 g/mol. The fraction of sp³-hybridized carbons (Fsp3) is 0.667. The van der Waals surface area contributed by atoms with Crippen LogP contribution in [0.1, 0.15) is 37.7 Å². The molecular formula is C12H20N4O2. The Balaban J connectivity index is 2.32. The van der Waals surface area contributed by atoms with Gasteiger partial charge in [0.15, 0.2) is 5.82 Å². The second kappa shape index (κ2) is 5.60. The molecule has 18 heavy (non-hydrogen) atoms. The first-order valence-corrected chi connectivity index (χ1v) is 6.16. The molecule has 0 saturated carbocycles. The van der Waals surface area contributed by atoms with Crippen molar-refractivity contribution in [1.82, 2.24) is 9.97 Å². The minimum atomic E-state index is -0.423. The van der Waals surface area contributed by atoms with E-state index in [1.54, 1.807) is 13.2 Å². The van der Waals surface area contributed by atoms with Crippen molar-refractivity contribution in [2.75, 3.05) is 19.1 Å². The third-order valence-corrected chi connectivity index (χ3v) is 3.16. The van der Waals surface area contributed by atoms with Crippen LogP contribution >= 0.6 is 0 Å². The smallest absolute Gasteiger partial charge is 0.162 e. The predicted molar refractivity (Wildman–Crippen MR) is 67.7 cm³/mol. The number of ether oxygens (including phenoxy) is 2. The lowest BCUT2D eigenvalue weighted by Crippen LogP contribution is -2.33. The molecule has 1 saturated heterocycles. The number of methoxy groups -OCH3 is 1. The second-order valence-electron chi connectivity index (χ2n) is 4.68. The van der Waals surface area contributed by atoms with Crippen molar-refractivity contribution in [2.45, 2.75) is 38.4 Å². The zero-order chi connectivity index (χ0) is 13.0. The highest BCUT2D eigenvalue weighted by Gasteiger charge is 2.33. The maximum atomic E-state index is 5.85. The van der Waals surface area contributed by atoms with E-state index in [4.69, 9.17) is 15.3 Å². The van der Waals surface area contributed by atoms with Crippen molar-refractivity contribution in [2.24, 2.45) is 5.84 Å². The van der Waals surface area contributed by atoms with E-state index in [0.29, 0.717) is 18.2 Å². The van der Waals surface area contributed by atoms with Gasteiger partial charge in [0.2, 0.25) is 0 Å². The Kier molecular flexibility index (Phi) is 4.11. The summed E-state index contributed by atoms with van der Waals surface area (Å²) in [6, 6.07) is 1.78. The van der Waals surface area contributed by atoms with Gasteiger partial charge in [0.1, 0.15) is 11.4 Å². The number of hydrazine groups is 1. The van der Waals surface area contributed by atoms with Crippen LogP contribution in [0.4, 0.5) is 5.82 Å². The molecule has 1 aliphatic rings. The van der Waals surface area contributed by atoms with Crippen molar-refractivity contribution in [3.63, 3.8) is 0 Å². The molecule has 0 aliphatic carbocycles. The Morgan fingerprint density at radius 2 is 2.33 bits per heavy atom. The first-order chi connectivity index (χ1) is 8.68. The quantitative estimate of drug-likeness (QED) is 0.621. The third kappa shape index (κ3) is 2.77. The van der Waals surface area contributed by atoms with Crippen LogP contribution in [-0.4, -0.2) is 23.7 Å². The number of hydrogen-bond acceptors (Lipinski definition) is 6. The second-order valence-corrected chi connectivity index (χ2v) is 4.68. The molecule has 2 heterocycles. The van der Waals surface area contributed by atoms with Crippen molar-refractivity contribution < 1.29 is 9.47 Å². The molecule has 1 aromatic heterocycles. The summed E-state index contributed by atoms with van der Waals surface area (Å²) in [7, 11) is 1.64. The number of hydrogen-bond donors (Lipinski definition) is 2. The number of anilines is 1. The van der Waals surface area contributed by atoms with Crippen LogP contribution in [0.25, 0.3) is 0 Å². The Labute approximate surface area is 107 Å². The Hall–Kier alpha value is -1.24. The zero-order valence-corrected chi connectivity index (χ0v) is 10.9. The minimum absolute atomic E-state index is 0.423. The molecule has 1 unspecified atom stereocenters. The van der Waals surface area contributed by atoms with Crippen LogP contribution in [0.3, 0.4) is 0 Å². The highest BCUT2D eigenvalue weighted by Crippen LogP contribution is 2.33. The van der Waals surface area contributed by atoms with E-state index in [9.17, 15) is 0 Å². The molecule has 100 valence electrons. The standard InChI is InChI=1S/C12H20N4O2/c1-12(5-3-4-6-18-12)11-14-9(8-17-2)7-10(15-11)16-13/h7H,3-6,8,13H2,1-2H3,(H,14,15,16). The Morgan fingerprint density at radius 1 is 1.50 bits per heavy atom. The van der Waals surface area contributed by atoms with E-state index >= 15 is 0 Å². The highest BCUT2D eigenvalue weighted by molar-refractivity contribution is 5.35. The van der Waals surface area contributed by atoms with E-state index in [0.717, 1.165) is 31.6 Å². The van der Waals surface area contributed by atoms with Crippen molar-refractivity contribution in [1.29, 1.82) is 0 Å². The maximum Gasteiger partial charge on any atom is 0.162 e. The molecule has 0 aromatic carbocycles. The number of nitrogens with one attached hydrogen (secondary N) is 1. The van der Waals surface area contributed by atoms with Gasteiger partial charge in [-0.2, -0.15) is 0 Å². The topological polar surface area (TPSA) is 82.3 Å². The molecule has 6 nitrogen and oxygen atoms in total. The van der Waals surface area contributed by atoms with Gasteiger partial charge in [0.25, 0.3) is 0 Å². The fourth-order valence-corrected chi connectivity index (χ4v) is 2.14. The van der Waals surface area contributed by atoms with Crippen LogP contribution in [0, 0.1) is 0 Å². The lowest BCUT2D eigenvalue weighted by molar-refractivity contribution is -0.0762. The summed E-state index contributed by atoms with van der Waals surface area (Å²) in [5.41, 5.74) is 2.93. The molecule has 1 aromatic rings. The van der Waals surface area contributed by atoms with Gasteiger partial charge in [0, 0.05) is 19.8 Å². The van der Waals surface area contributed by atoms with Gasteiger partial charge in [-0.1, -0.05) is 0 Å². The summed E-state index contributed by atoms with van der Waals surface area (Å²) in [6.07, 6.45) is 3.14. The summed E-state index contributed by atoms with van der Waals surface area (Å²) in [5, 5.41) is 0. The number of aromatic nitrogens is 2. The SMILES string of the molecule is COCc1cc(NN)nc(C2(C)CCCCO2)n1. The Morgan fingerprint density at radius 3 is 2.94 bits per heavy atom. The van der Waals surface area contributed by atoms with Gasteiger partial charge in [-0.05, 0) is 26.2 Å². The molecule has 1 fully saturated rings. The first kappa shape index (κ1) is 13.2. The van der Waals surface area contributed by atoms with E-state index in [1.807, 2.05) is 6.92 Å². The molecule has 0 amide bonds. The third-order valence-electron chi connectivity index (χ3n) is 3.16. The van der Waals surface area contributed by atoms with Crippen LogP contribution in [0.15, 0.2) is 6.07 Å². The molecule has 1 aliphatic heterocycles. The first-order valence-electron chi connectivity index (χ1n) is 6.16. The summed E-state index contributed by atoms with van der Waals surface area (Å²) >= 11 is 0. The summed E-state index contributed by atoms with van der Waals surface area (Å²) < 4.78 is 11.0. The van der Waals surface area contributed by atoms with E-state index in [-0.39, 0.29) is 0 Å². The molecule has 0 bridgehead atoms. The summed E-state index contributed by atoms with van der Waals surface area (Å²) in [4.78, 5) is 8.91. The highest BCUT2D eigenvalue weighted by atomic mass is 16.5. The van der Waals surface area contributed by atoms with Crippen molar-refractivity contribution in [3.05, 3.63) is 17.6 Å². The van der Waals surface area contributed by atoms with Crippen molar-refractivity contribution >= 4 is 5.82 Å². The molecule has 0 radical (unpaired) electrons. The van der Waals surface area contributed by atoms with E-state index in [1.165, 1.54) is 0 Å². The monoisotopic (exact) mass is 252 g/mol. The van der Waals surface area contributed by atoms with Crippen LogP contribution in [-0.2, 0) is 21.7 Å². The summed E-state index contributed by atoms with van der Waals surface area (Å²) in [6.45, 7) is 3.21. The minimum Gasteiger partial charge on any atom is -0.378 e. The number of nitrogens with two attached hydrogens (primary N) is 1. The molecule has 6 heteroatoms. The molecule has 1 atom stereocenters. The lowest BCUT2D eigenvalue weighted by Gasteiger charge is -2.32. The van der Waals surface area contributed by atoms with Gasteiger partial charge in [-0.3, -0.25) is 0 Å².